The van der Waals surface area contributed by atoms with Crippen molar-refractivity contribution in [2.45, 2.75) is 6.92 Å². The second-order valence-electron chi connectivity index (χ2n) is 2.70. The Morgan fingerprint density at radius 3 is 2.75 bits per heavy atom. The highest BCUT2D eigenvalue weighted by molar-refractivity contribution is 5.38. The van der Waals surface area contributed by atoms with E-state index in [0.717, 1.165) is 11.5 Å². The van der Waals surface area contributed by atoms with E-state index in [1.54, 1.807) is 4.68 Å². The molecule has 0 aliphatic carbocycles. The van der Waals surface area contributed by atoms with Crippen molar-refractivity contribution in [2.24, 2.45) is 0 Å². The Bertz CT molecular complexity index is 347. The molecule has 2 aromatic heterocycles. The number of hydrogen-bond acceptors (Lipinski definition) is 2. The van der Waals surface area contributed by atoms with Crippen molar-refractivity contribution in [3.63, 3.8) is 0 Å². The summed E-state index contributed by atoms with van der Waals surface area (Å²) in [5.41, 5.74) is 6.52. The third-order valence-corrected chi connectivity index (χ3v) is 1.66. The van der Waals surface area contributed by atoms with Gasteiger partial charge in [0.25, 0.3) is 0 Å². The van der Waals surface area contributed by atoms with Gasteiger partial charge in [-0.05, 0) is 25.1 Å². The minimum atomic E-state index is 0.651. The predicted molar refractivity (Wildman–Crippen MR) is 47.1 cm³/mol. The Morgan fingerprint density at radius 2 is 2.25 bits per heavy atom. The Balaban J connectivity index is 2.43. The van der Waals surface area contributed by atoms with Crippen LogP contribution in [0.2, 0.25) is 0 Å². The number of nitrogens with one attached hydrogen (secondary N) is 1. The highest BCUT2D eigenvalue weighted by atomic mass is 15.3. The van der Waals surface area contributed by atoms with Gasteiger partial charge in [-0.25, -0.2) is 4.68 Å². The Morgan fingerprint density at radius 1 is 1.42 bits per heavy atom. The van der Waals surface area contributed by atoms with E-state index in [9.17, 15) is 0 Å². The first-order valence-corrected chi connectivity index (χ1v) is 3.73. The number of anilines is 1. The molecular weight excluding hydrogens is 152 g/mol. The fourth-order valence-electron chi connectivity index (χ4n) is 1.08. The normalized spacial score (nSPS) is 10.4. The van der Waals surface area contributed by atoms with Crippen molar-refractivity contribution in [3.8, 4) is 5.82 Å². The van der Waals surface area contributed by atoms with Crippen LogP contribution in [-0.2, 0) is 0 Å². The highest BCUT2D eigenvalue weighted by Crippen LogP contribution is 2.07. The molecule has 0 bridgehead atoms. The van der Waals surface area contributed by atoms with Crippen molar-refractivity contribution >= 4 is 5.82 Å². The van der Waals surface area contributed by atoms with Gasteiger partial charge < -0.3 is 10.7 Å². The fourth-order valence-corrected chi connectivity index (χ4v) is 1.08. The van der Waals surface area contributed by atoms with E-state index < -0.39 is 0 Å². The van der Waals surface area contributed by atoms with E-state index in [1.165, 1.54) is 0 Å². The zero-order valence-electron chi connectivity index (χ0n) is 6.78. The quantitative estimate of drug-likeness (QED) is 0.659. The lowest BCUT2D eigenvalue weighted by atomic mass is 10.5. The van der Waals surface area contributed by atoms with E-state index in [1.807, 2.05) is 31.3 Å². The molecule has 2 aromatic rings. The molecule has 0 aliphatic heterocycles. The molecule has 12 heavy (non-hydrogen) atoms. The van der Waals surface area contributed by atoms with E-state index in [-0.39, 0.29) is 0 Å². The topological polar surface area (TPSA) is 59.6 Å². The van der Waals surface area contributed by atoms with Crippen LogP contribution >= 0.6 is 0 Å². The molecule has 0 radical (unpaired) electrons. The Kier molecular flexibility index (Phi) is 1.40. The van der Waals surface area contributed by atoms with Gasteiger partial charge in [-0.3, -0.25) is 0 Å². The SMILES string of the molecule is Cc1ccn(-c2ccc(N)[nH]2)n1. The van der Waals surface area contributed by atoms with Gasteiger partial charge in [0.05, 0.1) is 5.69 Å². The number of nitrogens with two attached hydrogens (primary N) is 1. The van der Waals surface area contributed by atoms with Crippen molar-refractivity contribution in [1.29, 1.82) is 0 Å². The van der Waals surface area contributed by atoms with Crippen LogP contribution in [0.5, 0.6) is 0 Å². The standard InChI is InChI=1S/C8H10N4/c1-6-4-5-12(11-6)8-3-2-7(9)10-8/h2-5,10H,9H2,1H3. The number of nitrogen functional groups attached to an aromatic ring is 1. The Hall–Kier alpha value is -1.71. The van der Waals surface area contributed by atoms with Gasteiger partial charge in [-0.2, -0.15) is 5.10 Å². The van der Waals surface area contributed by atoms with Gasteiger partial charge in [-0.1, -0.05) is 0 Å². The molecule has 0 atom stereocenters. The zero-order valence-corrected chi connectivity index (χ0v) is 6.78. The van der Waals surface area contributed by atoms with Crippen LogP contribution in [0, 0.1) is 6.92 Å². The average Bonchev–Trinajstić information content (AvgIpc) is 2.58. The Labute approximate surface area is 70.0 Å². The molecule has 0 unspecified atom stereocenters. The minimum Gasteiger partial charge on any atom is -0.385 e. The monoisotopic (exact) mass is 162 g/mol. The lowest BCUT2D eigenvalue weighted by Gasteiger charge is -1.94. The van der Waals surface area contributed by atoms with Gasteiger partial charge in [-0.15, -0.1) is 0 Å². The molecule has 0 aliphatic rings. The highest BCUT2D eigenvalue weighted by Gasteiger charge is 1.98. The van der Waals surface area contributed by atoms with Crippen LogP contribution in [0.1, 0.15) is 5.69 Å². The summed E-state index contributed by atoms with van der Waals surface area (Å²) < 4.78 is 1.76. The zero-order chi connectivity index (χ0) is 8.55. The van der Waals surface area contributed by atoms with Crippen molar-refractivity contribution in [1.82, 2.24) is 14.8 Å². The van der Waals surface area contributed by atoms with Crippen LogP contribution in [0.4, 0.5) is 5.82 Å². The van der Waals surface area contributed by atoms with Crippen molar-refractivity contribution < 1.29 is 0 Å². The number of aromatic nitrogens is 3. The van der Waals surface area contributed by atoms with E-state index in [2.05, 4.69) is 10.1 Å². The summed E-state index contributed by atoms with van der Waals surface area (Å²) in [6, 6.07) is 5.64. The summed E-state index contributed by atoms with van der Waals surface area (Å²) in [5, 5.41) is 4.22. The molecular formula is C8H10N4. The van der Waals surface area contributed by atoms with E-state index in [0.29, 0.717) is 5.82 Å². The summed E-state index contributed by atoms with van der Waals surface area (Å²) in [4.78, 5) is 2.98. The van der Waals surface area contributed by atoms with Crippen LogP contribution < -0.4 is 5.73 Å². The maximum absolute atomic E-state index is 5.53. The molecule has 3 N–H and O–H groups in total. The fraction of sp³-hybridized carbons (Fsp3) is 0.125. The molecule has 0 aromatic carbocycles. The van der Waals surface area contributed by atoms with Crippen molar-refractivity contribution in [3.05, 3.63) is 30.1 Å². The molecule has 2 heterocycles. The summed E-state index contributed by atoms with van der Waals surface area (Å²) in [6.07, 6.45) is 1.89. The number of aromatic amines is 1. The molecule has 0 spiro atoms. The van der Waals surface area contributed by atoms with Crippen LogP contribution in [0.25, 0.3) is 5.82 Å². The lowest BCUT2D eigenvalue weighted by molar-refractivity contribution is 0.840. The number of aryl methyl sites for hydroxylation is 1. The van der Waals surface area contributed by atoms with E-state index >= 15 is 0 Å². The van der Waals surface area contributed by atoms with Crippen molar-refractivity contribution in [2.75, 3.05) is 5.73 Å². The predicted octanol–water partition coefficient (Wildman–Crippen LogP) is 1.09. The van der Waals surface area contributed by atoms with Gasteiger partial charge in [0, 0.05) is 6.20 Å². The summed E-state index contributed by atoms with van der Waals surface area (Å²) in [7, 11) is 0. The van der Waals surface area contributed by atoms with E-state index in [4.69, 9.17) is 5.73 Å². The number of nitrogens with zero attached hydrogens (tertiary/aromatic N) is 2. The molecule has 0 amide bonds. The van der Waals surface area contributed by atoms with Gasteiger partial charge in [0.2, 0.25) is 0 Å². The van der Waals surface area contributed by atoms with Crippen LogP contribution in [-0.4, -0.2) is 14.8 Å². The second-order valence-corrected chi connectivity index (χ2v) is 2.70. The molecule has 0 fully saturated rings. The first kappa shape index (κ1) is 6.97. The summed E-state index contributed by atoms with van der Waals surface area (Å²) in [6.45, 7) is 1.95. The first-order chi connectivity index (χ1) is 5.75. The number of rotatable bonds is 1. The maximum Gasteiger partial charge on any atom is 0.133 e. The summed E-state index contributed by atoms with van der Waals surface area (Å²) in [5.74, 6) is 1.54. The molecule has 4 nitrogen and oxygen atoms in total. The number of hydrogen-bond donors (Lipinski definition) is 2. The molecule has 0 saturated heterocycles. The number of H-pyrrole nitrogens is 1. The smallest absolute Gasteiger partial charge is 0.133 e. The third kappa shape index (κ3) is 1.07. The summed E-state index contributed by atoms with van der Waals surface area (Å²) >= 11 is 0. The lowest BCUT2D eigenvalue weighted by Crippen LogP contribution is -1.95. The van der Waals surface area contributed by atoms with Gasteiger partial charge in [0.15, 0.2) is 0 Å². The maximum atomic E-state index is 5.53. The van der Waals surface area contributed by atoms with Gasteiger partial charge >= 0.3 is 0 Å². The first-order valence-electron chi connectivity index (χ1n) is 3.73. The van der Waals surface area contributed by atoms with Gasteiger partial charge in [0.1, 0.15) is 11.6 Å². The largest absolute Gasteiger partial charge is 0.385 e. The second kappa shape index (κ2) is 2.41. The molecule has 4 heteroatoms. The third-order valence-electron chi connectivity index (χ3n) is 1.66. The average molecular weight is 162 g/mol. The molecule has 62 valence electrons. The van der Waals surface area contributed by atoms with Crippen LogP contribution in [0.3, 0.4) is 0 Å². The minimum absolute atomic E-state index is 0.651. The molecule has 2 rings (SSSR count). The molecule has 0 saturated carbocycles. The van der Waals surface area contributed by atoms with Crippen LogP contribution in [0.15, 0.2) is 24.4 Å².